The maximum Gasteiger partial charge on any atom is 0.187 e. The van der Waals surface area contributed by atoms with Crippen molar-refractivity contribution in [1.29, 1.82) is 0 Å². The molecule has 1 aromatic carbocycles. The molecule has 0 unspecified atom stereocenters. The Morgan fingerprint density at radius 3 is 2.28 bits per heavy atom. The molecule has 11 nitrogen and oxygen atoms in total. The standard InChI is InChI=1S/C18H26O11/c19-7-18(25)8-28-17(15(18)24)27-6-11-12(21)13(22)14(23)16(29-11)26-5-9-1-3-10(20)4-2-9/h1-4,11-17,19-25H,5-8H2/t11-,12-,13+,14-,15+,16-,17-,18-/m1/s1. The first-order valence-corrected chi connectivity index (χ1v) is 9.09. The number of aromatic hydroxyl groups is 1. The van der Waals surface area contributed by atoms with Gasteiger partial charge in [0.25, 0.3) is 0 Å². The Kier molecular flexibility index (Phi) is 7.06. The molecule has 0 bridgehead atoms. The number of ether oxygens (including phenoxy) is 4. The van der Waals surface area contributed by atoms with Crippen LogP contribution >= 0.6 is 0 Å². The lowest BCUT2D eigenvalue weighted by molar-refractivity contribution is -0.312. The van der Waals surface area contributed by atoms with Crippen LogP contribution in [0, 0.1) is 0 Å². The lowest BCUT2D eigenvalue weighted by atomic mass is 9.99. The van der Waals surface area contributed by atoms with Gasteiger partial charge >= 0.3 is 0 Å². The summed E-state index contributed by atoms with van der Waals surface area (Å²) in [5.74, 6) is 0.0860. The molecule has 0 amide bonds. The smallest absolute Gasteiger partial charge is 0.187 e. The second kappa shape index (κ2) is 9.18. The molecule has 0 aromatic heterocycles. The zero-order valence-corrected chi connectivity index (χ0v) is 15.4. The third kappa shape index (κ3) is 4.86. The Balaban J connectivity index is 1.56. The summed E-state index contributed by atoms with van der Waals surface area (Å²) in [6.45, 7) is -1.42. The highest BCUT2D eigenvalue weighted by Gasteiger charge is 2.50. The average Bonchev–Trinajstić information content (AvgIpc) is 3.01. The predicted octanol–water partition coefficient (Wildman–Crippen LogP) is -2.83. The molecule has 2 heterocycles. The van der Waals surface area contributed by atoms with Gasteiger partial charge in [0.15, 0.2) is 12.6 Å². The van der Waals surface area contributed by atoms with Gasteiger partial charge in [-0.2, -0.15) is 0 Å². The van der Waals surface area contributed by atoms with E-state index in [0.717, 1.165) is 0 Å². The Morgan fingerprint density at radius 1 is 0.966 bits per heavy atom. The van der Waals surface area contributed by atoms with E-state index in [1.165, 1.54) is 12.1 Å². The molecule has 2 saturated heterocycles. The number of hydrogen-bond acceptors (Lipinski definition) is 11. The summed E-state index contributed by atoms with van der Waals surface area (Å²) in [5, 5.41) is 68.7. The van der Waals surface area contributed by atoms with Gasteiger partial charge in [-0.05, 0) is 17.7 Å². The van der Waals surface area contributed by atoms with Crippen LogP contribution in [-0.4, -0.2) is 104 Å². The third-order valence-electron chi connectivity index (χ3n) is 5.02. The topological polar surface area (TPSA) is 179 Å². The van der Waals surface area contributed by atoms with Crippen LogP contribution in [0.25, 0.3) is 0 Å². The summed E-state index contributed by atoms with van der Waals surface area (Å²) in [7, 11) is 0. The van der Waals surface area contributed by atoms with Crippen molar-refractivity contribution in [3.8, 4) is 5.75 Å². The van der Waals surface area contributed by atoms with E-state index in [1.807, 2.05) is 0 Å². The van der Waals surface area contributed by atoms with Crippen molar-refractivity contribution in [2.45, 2.75) is 55.3 Å². The van der Waals surface area contributed by atoms with Crippen LogP contribution in [0.3, 0.4) is 0 Å². The Bertz CT molecular complexity index is 656. The fourth-order valence-corrected chi connectivity index (χ4v) is 3.09. The molecule has 2 aliphatic rings. The lowest BCUT2D eigenvalue weighted by Crippen LogP contribution is -2.59. The van der Waals surface area contributed by atoms with E-state index >= 15 is 0 Å². The zero-order chi connectivity index (χ0) is 21.2. The summed E-state index contributed by atoms with van der Waals surface area (Å²) >= 11 is 0. The van der Waals surface area contributed by atoms with Crippen LogP contribution in [0.15, 0.2) is 24.3 Å². The molecule has 2 aliphatic heterocycles. The SMILES string of the molecule is OC[C@@]1(O)CO[C@@H](OC[C@H]2O[C@@H](OCc3ccc(O)cc3)[C@H](O)[C@@H](O)[C@@H]2O)[C@@H]1O. The first-order valence-electron chi connectivity index (χ1n) is 9.09. The van der Waals surface area contributed by atoms with Gasteiger partial charge < -0.3 is 54.7 Å². The van der Waals surface area contributed by atoms with Crippen LogP contribution in [0.2, 0.25) is 0 Å². The van der Waals surface area contributed by atoms with Crippen molar-refractivity contribution < 1.29 is 54.7 Å². The van der Waals surface area contributed by atoms with Crippen LogP contribution in [0.1, 0.15) is 5.56 Å². The van der Waals surface area contributed by atoms with E-state index in [4.69, 9.17) is 24.1 Å². The number of phenols is 1. The Labute approximate surface area is 166 Å². The highest BCUT2D eigenvalue weighted by atomic mass is 16.7. The zero-order valence-electron chi connectivity index (χ0n) is 15.4. The average molecular weight is 418 g/mol. The van der Waals surface area contributed by atoms with E-state index in [9.17, 15) is 30.6 Å². The Hall–Kier alpha value is -1.38. The molecule has 11 heteroatoms. The molecular weight excluding hydrogens is 392 g/mol. The van der Waals surface area contributed by atoms with Gasteiger partial charge in [0, 0.05) is 0 Å². The van der Waals surface area contributed by atoms with Gasteiger partial charge in [-0.1, -0.05) is 12.1 Å². The number of phenolic OH excluding ortho intramolecular Hbond substituents is 1. The second-order valence-electron chi connectivity index (χ2n) is 7.21. The number of rotatable bonds is 7. The van der Waals surface area contributed by atoms with Gasteiger partial charge in [0.1, 0.15) is 41.9 Å². The van der Waals surface area contributed by atoms with E-state index in [1.54, 1.807) is 12.1 Å². The molecule has 1 aromatic rings. The molecule has 164 valence electrons. The number of hydrogen-bond donors (Lipinski definition) is 7. The summed E-state index contributed by atoms with van der Waals surface area (Å²) in [6, 6.07) is 6.15. The van der Waals surface area contributed by atoms with Gasteiger partial charge in [0.2, 0.25) is 0 Å². The van der Waals surface area contributed by atoms with Gasteiger partial charge in [-0.3, -0.25) is 0 Å². The molecule has 0 saturated carbocycles. The minimum Gasteiger partial charge on any atom is -0.508 e. The summed E-state index contributed by atoms with van der Waals surface area (Å²) in [4.78, 5) is 0. The molecular formula is C18H26O11. The minimum absolute atomic E-state index is 0.00633. The Morgan fingerprint density at radius 2 is 1.66 bits per heavy atom. The monoisotopic (exact) mass is 418 g/mol. The van der Waals surface area contributed by atoms with E-state index < -0.39 is 55.3 Å². The van der Waals surface area contributed by atoms with Crippen molar-refractivity contribution in [2.75, 3.05) is 19.8 Å². The van der Waals surface area contributed by atoms with Crippen LogP contribution in [0.4, 0.5) is 0 Å². The van der Waals surface area contributed by atoms with Gasteiger partial charge in [0.05, 0.1) is 26.4 Å². The minimum atomic E-state index is -1.86. The van der Waals surface area contributed by atoms with Crippen molar-refractivity contribution in [2.24, 2.45) is 0 Å². The van der Waals surface area contributed by atoms with Crippen LogP contribution in [0.5, 0.6) is 5.75 Å². The fourth-order valence-electron chi connectivity index (χ4n) is 3.09. The number of aliphatic hydroxyl groups excluding tert-OH is 5. The van der Waals surface area contributed by atoms with Gasteiger partial charge in [-0.25, -0.2) is 0 Å². The molecule has 7 N–H and O–H groups in total. The third-order valence-corrected chi connectivity index (χ3v) is 5.02. The van der Waals surface area contributed by atoms with Crippen LogP contribution < -0.4 is 0 Å². The van der Waals surface area contributed by atoms with E-state index in [0.29, 0.717) is 5.56 Å². The molecule has 0 radical (unpaired) electrons. The van der Waals surface area contributed by atoms with Crippen molar-refractivity contribution in [3.63, 3.8) is 0 Å². The largest absolute Gasteiger partial charge is 0.508 e. The highest BCUT2D eigenvalue weighted by molar-refractivity contribution is 5.25. The summed E-state index contributed by atoms with van der Waals surface area (Å²) < 4.78 is 21.4. The van der Waals surface area contributed by atoms with Crippen molar-refractivity contribution in [1.82, 2.24) is 0 Å². The predicted molar refractivity (Wildman–Crippen MR) is 93.3 cm³/mol. The first-order chi connectivity index (χ1) is 13.7. The number of benzene rings is 1. The van der Waals surface area contributed by atoms with Crippen molar-refractivity contribution in [3.05, 3.63) is 29.8 Å². The quantitative estimate of drug-likeness (QED) is 0.243. The normalized spacial score (nSPS) is 40.3. The molecule has 0 spiro atoms. The number of aliphatic hydroxyl groups is 6. The molecule has 8 atom stereocenters. The molecule has 3 rings (SSSR count). The van der Waals surface area contributed by atoms with Crippen LogP contribution in [-0.2, 0) is 25.6 Å². The summed E-state index contributed by atoms with van der Waals surface area (Å²) in [5.41, 5.74) is -1.18. The lowest BCUT2D eigenvalue weighted by Gasteiger charge is -2.40. The van der Waals surface area contributed by atoms with E-state index in [-0.39, 0.29) is 25.6 Å². The van der Waals surface area contributed by atoms with Gasteiger partial charge in [-0.15, -0.1) is 0 Å². The summed E-state index contributed by atoms with van der Waals surface area (Å²) in [6.07, 6.45) is -9.81. The second-order valence-corrected chi connectivity index (χ2v) is 7.21. The highest BCUT2D eigenvalue weighted by Crippen LogP contribution is 2.28. The molecule has 29 heavy (non-hydrogen) atoms. The maximum absolute atomic E-state index is 10.1. The molecule has 0 aliphatic carbocycles. The fraction of sp³-hybridized carbons (Fsp3) is 0.667. The molecule has 2 fully saturated rings. The van der Waals surface area contributed by atoms with Crippen molar-refractivity contribution >= 4 is 0 Å². The van der Waals surface area contributed by atoms with E-state index in [2.05, 4.69) is 0 Å². The first kappa shape index (κ1) is 22.3. The maximum atomic E-state index is 10.1.